The summed E-state index contributed by atoms with van der Waals surface area (Å²) >= 11 is 0. The summed E-state index contributed by atoms with van der Waals surface area (Å²) in [7, 11) is 0. The van der Waals surface area contributed by atoms with Gasteiger partial charge in [-0.2, -0.15) is 0 Å². The highest BCUT2D eigenvalue weighted by Crippen LogP contribution is 2.26. The molecule has 3 rings (SSSR count). The third-order valence-corrected chi connectivity index (χ3v) is 5.09. The van der Waals surface area contributed by atoms with Gasteiger partial charge in [0.05, 0.1) is 6.04 Å². The largest absolute Gasteiger partial charge is 0.368 e. The number of primary amides is 1. The SMILES string of the molecule is NC(=O)C1CCCN1C1CCN(C(=O)/C=C/c2ccccc2)CC1. The quantitative estimate of drug-likeness (QED) is 0.855. The van der Waals surface area contributed by atoms with Gasteiger partial charge in [-0.1, -0.05) is 30.3 Å². The Morgan fingerprint density at radius 2 is 1.75 bits per heavy atom. The summed E-state index contributed by atoms with van der Waals surface area (Å²) in [5.41, 5.74) is 6.54. The van der Waals surface area contributed by atoms with Gasteiger partial charge < -0.3 is 10.6 Å². The summed E-state index contributed by atoms with van der Waals surface area (Å²) in [6.07, 6.45) is 7.24. The fourth-order valence-corrected chi connectivity index (χ4v) is 3.79. The Balaban J connectivity index is 1.52. The lowest BCUT2D eigenvalue weighted by atomic mass is 10.0. The molecule has 0 saturated carbocycles. The Bertz CT molecular complexity index is 606. The molecule has 2 aliphatic rings. The highest BCUT2D eigenvalue weighted by Gasteiger charge is 2.35. The van der Waals surface area contributed by atoms with Gasteiger partial charge in [-0.3, -0.25) is 14.5 Å². The molecular formula is C19H25N3O2. The average molecular weight is 327 g/mol. The smallest absolute Gasteiger partial charge is 0.246 e. The molecule has 1 aromatic carbocycles. The summed E-state index contributed by atoms with van der Waals surface area (Å²) in [4.78, 5) is 28.0. The van der Waals surface area contributed by atoms with Crippen molar-refractivity contribution < 1.29 is 9.59 Å². The lowest BCUT2D eigenvalue weighted by Crippen LogP contribution is -2.51. The van der Waals surface area contributed by atoms with Crippen molar-refractivity contribution in [3.8, 4) is 0 Å². The van der Waals surface area contributed by atoms with Gasteiger partial charge in [-0.25, -0.2) is 0 Å². The number of amides is 2. The molecule has 0 aliphatic carbocycles. The zero-order chi connectivity index (χ0) is 16.9. The molecule has 2 heterocycles. The van der Waals surface area contributed by atoms with E-state index < -0.39 is 0 Å². The van der Waals surface area contributed by atoms with Crippen molar-refractivity contribution in [3.63, 3.8) is 0 Å². The standard InChI is InChI=1S/C19H25N3O2/c20-19(24)17-7-4-12-22(17)16-10-13-21(14-11-16)18(23)9-8-15-5-2-1-3-6-15/h1-3,5-6,8-9,16-17H,4,7,10-14H2,(H2,20,24)/b9-8+. The second-order valence-corrected chi connectivity index (χ2v) is 6.60. The highest BCUT2D eigenvalue weighted by atomic mass is 16.2. The van der Waals surface area contributed by atoms with Crippen LogP contribution in [-0.2, 0) is 9.59 Å². The van der Waals surface area contributed by atoms with Gasteiger partial charge >= 0.3 is 0 Å². The zero-order valence-corrected chi connectivity index (χ0v) is 13.9. The Hall–Kier alpha value is -2.14. The zero-order valence-electron chi connectivity index (χ0n) is 13.9. The number of nitrogens with zero attached hydrogens (tertiary/aromatic N) is 2. The Morgan fingerprint density at radius 3 is 2.42 bits per heavy atom. The minimum Gasteiger partial charge on any atom is -0.368 e. The predicted octanol–water partition coefficient (Wildman–Crippen LogP) is 1.64. The van der Waals surface area contributed by atoms with Crippen LogP contribution >= 0.6 is 0 Å². The summed E-state index contributed by atoms with van der Waals surface area (Å²) in [6.45, 7) is 2.43. The van der Waals surface area contributed by atoms with Gasteiger partial charge in [-0.05, 0) is 43.9 Å². The fourth-order valence-electron chi connectivity index (χ4n) is 3.79. The first-order valence-electron chi connectivity index (χ1n) is 8.72. The molecule has 24 heavy (non-hydrogen) atoms. The second-order valence-electron chi connectivity index (χ2n) is 6.60. The van der Waals surface area contributed by atoms with E-state index in [4.69, 9.17) is 5.73 Å². The van der Waals surface area contributed by atoms with Gasteiger partial charge in [-0.15, -0.1) is 0 Å². The maximum absolute atomic E-state index is 12.3. The van der Waals surface area contributed by atoms with E-state index in [1.165, 1.54) is 0 Å². The molecule has 5 nitrogen and oxygen atoms in total. The molecule has 2 aliphatic heterocycles. The van der Waals surface area contributed by atoms with E-state index >= 15 is 0 Å². The van der Waals surface area contributed by atoms with Crippen LogP contribution in [0.3, 0.4) is 0 Å². The van der Waals surface area contributed by atoms with Crippen LogP contribution in [0.1, 0.15) is 31.2 Å². The molecule has 0 bridgehead atoms. The maximum Gasteiger partial charge on any atom is 0.246 e. The summed E-state index contributed by atoms with van der Waals surface area (Å²) in [6, 6.07) is 10.1. The van der Waals surface area contributed by atoms with Crippen molar-refractivity contribution >= 4 is 17.9 Å². The fraction of sp³-hybridized carbons (Fsp3) is 0.474. The van der Waals surface area contributed by atoms with Gasteiger partial charge in [0.1, 0.15) is 0 Å². The molecule has 0 spiro atoms. The predicted molar refractivity (Wildman–Crippen MR) is 94.0 cm³/mol. The van der Waals surface area contributed by atoms with E-state index in [0.717, 1.165) is 50.9 Å². The number of piperidine rings is 1. The van der Waals surface area contributed by atoms with Crippen LogP contribution in [0, 0.1) is 0 Å². The number of nitrogens with two attached hydrogens (primary N) is 1. The number of hydrogen-bond acceptors (Lipinski definition) is 3. The third kappa shape index (κ3) is 3.85. The number of benzene rings is 1. The van der Waals surface area contributed by atoms with Crippen LogP contribution in [0.2, 0.25) is 0 Å². The van der Waals surface area contributed by atoms with Crippen molar-refractivity contribution in [1.29, 1.82) is 0 Å². The average Bonchev–Trinajstić information content (AvgIpc) is 3.11. The van der Waals surface area contributed by atoms with E-state index in [9.17, 15) is 9.59 Å². The molecule has 2 amide bonds. The highest BCUT2D eigenvalue weighted by molar-refractivity contribution is 5.91. The van der Waals surface area contributed by atoms with Crippen molar-refractivity contribution in [2.75, 3.05) is 19.6 Å². The van der Waals surface area contributed by atoms with Crippen molar-refractivity contribution in [1.82, 2.24) is 9.80 Å². The van der Waals surface area contributed by atoms with Crippen LogP contribution in [-0.4, -0.2) is 53.3 Å². The molecule has 1 unspecified atom stereocenters. The van der Waals surface area contributed by atoms with E-state index in [2.05, 4.69) is 4.90 Å². The van der Waals surface area contributed by atoms with E-state index in [0.29, 0.717) is 6.04 Å². The Morgan fingerprint density at radius 1 is 1.04 bits per heavy atom. The number of rotatable bonds is 4. The van der Waals surface area contributed by atoms with Gasteiger partial charge in [0.25, 0.3) is 0 Å². The molecule has 1 aromatic rings. The van der Waals surface area contributed by atoms with Crippen LogP contribution in [0.5, 0.6) is 0 Å². The number of carbonyl (C=O) groups is 2. The molecule has 0 aromatic heterocycles. The topological polar surface area (TPSA) is 66.6 Å². The summed E-state index contributed by atoms with van der Waals surface area (Å²) in [5.74, 6) is -0.151. The molecule has 5 heteroatoms. The molecule has 2 fully saturated rings. The van der Waals surface area contributed by atoms with Crippen LogP contribution < -0.4 is 5.73 Å². The first-order chi connectivity index (χ1) is 11.6. The van der Waals surface area contributed by atoms with Crippen molar-refractivity contribution in [2.24, 2.45) is 5.73 Å². The molecular weight excluding hydrogens is 302 g/mol. The van der Waals surface area contributed by atoms with Crippen LogP contribution in [0.4, 0.5) is 0 Å². The number of likely N-dealkylation sites (tertiary alicyclic amines) is 2. The van der Waals surface area contributed by atoms with E-state index in [1.54, 1.807) is 6.08 Å². The minimum absolute atomic E-state index is 0.0603. The van der Waals surface area contributed by atoms with Crippen molar-refractivity contribution in [2.45, 2.75) is 37.8 Å². The molecule has 1 atom stereocenters. The lowest BCUT2D eigenvalue weighted by molar-refractivity contribution is -0.129. The van der Waals surface area contributed by atoms with E-state index in [-0.39, 0.29) is 17.9 Å². The summed E-state index contributed by atoms with van der Waals surface area (Å²) in [5, 5.41) is 0. The van der Waals surface area contributed by atoms with E-state index in [1.807, 2.05) is 41.3 Å². The summed E-state index contributed by atoms with van der Waals surface area (Å²) < 4.78 is 0. The maximum atomic E-state index is 12.3. The normalized spacial score (nSPS) is 23.0. The van der Waals surface area contributed by atoms with Gasteiger partial charge in [0, 0.05) is 25.2 Å². The monoisotopic (exact) mass is 327 g/mol. The third-order valence-electron chi connectivity index (χ3n) is 5.09. The second kappa shape index (κ2) is 7.62. The molecule has 2 N–H and O–H groups in total. The Kier molecular flexibility index (Phi) is 5.30. The number of carbonyl (C=O) groups excluding carboxylic acids is 2. The molecule has 0 radical (unpaired) electrons. The first-order valence-corrected chi connectivity index (χ1v) is 8.72. The van der Waals surface area contributed by atoms with Crippen molar-refractivity contribution in [3.05, 3.63) is 42.0 Å². The lowest BCUT2D eigenvalue weighted by Gasteiger charge is -2.38. The first kappa shape index (κ1) is 16.7. The van der Waals surface area contributed by atoms with Crippen LogP contribution in [0.25, 0.3) is 6.08 Å². The Labute approximate surface area is 143 Å². The van der Waals surface area contributed by atoms with Crippen LogP contribution in [0.15, 0.2) is 36.4 Å². The van der Waals surface area contributed by atoms with Gasteiger partial charge in [0.15, 0.2) is 0 Å². The molecule has 2 saturated heterocycles. The minimum atomic E-state index is -0.211. The molecule has 128 valence electrons. The van der Waals surface area contributed by atoms with Gasteiger partial charge in [0.2, 0.25) is 11.8 Å². The number of hydrogen-bond donors (Lipinski definition) is 1.